The van der Waals surface area contributed by atoms with Gasteiger partial charge in [-0.05, 0) is 36.6 Å². The van der Waals surface area contributed by atoms with E-state index in [1.54, 1.807) is 17.0 Å². The molecular weight excluding hydrogens is 420 g/mol. The molecule has 8 nitrogen and oxygen atoms in total. The third-order valence-corrected chi connectivity index (χ3v) is 4.93. The molecule has 1 aromatic carbocycles. The molecule has 0 amide bonds. The van der Waals surface area contributed by atoms with Gasteiger partial charge in [0, 0.05) is 19.3 Å². The van der Waals surface area contributed by atoms with Crippen molar-refractivity contribution in [3.8, 4) is 0 Å². The number of halogens is 4. The van der Waals surface area contributed by atoms with Crippen LogP contribution in [0.15, 0.2) is 52.2 Å². The first-order valence-corrected chi connectivity index (χ1v) is 9.28. The molecule has 1 fully saturated rings. The van der Waals surface area contributed by atoms with E-state index in [1.165, 1.54) is 18.5 Å². The molecular formula is C19H20F4N6O2. The van der Waals surface area contributed by atoms with Crippen molar-refractivity contribution >= 4 is 12.2 Å². The lowest BCUT2D eigenvalue weighted by molar-refractivity contribution is -0.0925. The topological polar surface area (TPSA) is 110 Å². The van der Waals surface area contributed by atoms with Gasteiger partial charge in [-0.3, -0.25) is 9.56 Å². The summed E-state index contributed by atoms with van der Waals surface area (Å²) in [6.07, 6.45) is -1.34. The smallest absolute Gasteiger partial charge is 0.395 e. The number of nitrogens with two attached hydrogens (primary N) is 1. The number of allylic oxidation sites excluding steroid dienone is 2. The number of nitrogens with zero attached hydrogens (tertiary/aromatic N) is 5. The number of aliphatic imine (C=N–C) groups is 1. The molecule has 0 unspecified atom stereocenters. The van der Waals surface area contributed by atoms with Crippen molar-refractivity contribution < 1.29 is 22.7 Å². The number of alkyl halides is 3. The fraction of sp³-hybridized carbons (Fsp3) is 0.368. The van der Waals surface area contributed by atoms with Gasteiger partial charge in [0.15, 0.2) is 0 Å². The van der Waals surface area contributed by atoms with Crippen LogP contribution in [0.2, 0.25) is 0 Å². The third-order valence-electron chi connectivity index (χ3n) is 4.93. The van der Waals surface area contributed by atoms with E-state index in [0.29, 0.717) is 37.6 Å². The van der Waals surface area contributed by atoms with Gasteiger partial charge < -0.3 is 15.7 Å². The van der Waals surface area contributed by atoms with Gasteiger partial charge in [0.2, 0.25) is 5.95 Å². The number of hydrogen-bond donors (Lipinski definition) is 2. The molecule has 1 saturated heterocycles. The van der Waals surface area contributed by atoms with E-state index in [4.69, 9.17) is 5.73 Å². The molecule has 0 saturated carbocycles. The predicted molar refractivity (Wildman–Crippen MR) is 105 cm³/mol. The number of hydrogen-bond acceptors (Lipinski definition) is 7. The highest BCUT2D eigenvalue weighted by atomic mass is 19.4. The van der Waals surface area contributed by atoms with Crippen molar-refractivity contribution in [1.82, 2.24) is 14.5 Å². The molecule has 0 radical (unpaired) electrons. The number of rotatable bonds is 5. The Kier molecular flexibility index (Phi) is 6.39. The largest absolute Gasteiger partial charge is 0.430 e. The first-order valence-electron chi connectivity index (χ1n) is 9.28. The Bertz CT molecular complexity index is 1020. The van der Waals surface area contributed by atoms with Crippen LogP contribution in [0.1, 0.15) is 18.4 Å². The summed E-state index contributed by atoms with van der Waals surface area (Å²) in [6.45, 7) is 0.471. The molecule has 3 N–H and O–H groups in total. The first-order chi connectivity index (χ1) is 14.6. The van der Waals surface area contributed by atoms with Crippen LogP contribution in [-0.4, -0.2) is 45.1 Å². The highest BCUT2D eigenvalue weighted by Crippen LogP contribution is 2.33. The number of aromatic nitrogens is 3. The maximum absolute atomic E-state index is 13.1. The number of aliphatic hydroxyl groups is 1. The second kappa shape index (κ2) is 8.84. The first kappa shape index (κ1) is 22.4. The summed E-state index contributed by atoms with van der Waals surface area (Å²) in [6, 6.07) is 5.66. The molecule has 2 heterocycles. The lowest BCUT2D eigenvalue weighted by atomic mass is 9.84. The van der Waals surface area contributed by atoms with Crippen LogP contribution in [0.5, 0.6) is 0 Å². The molecule has 1 aliphatic rings. The van der Waals surface area contributed by atoms with Gasteiger partial charge in [-0.2, -0.15) is 18.2 Å². The Morgan fingerprint density at radius 1 is 1.26 bits per heavy atom. The molecule has 31 heavy (non-hydrogen) atoms. The Labute approximate surface area is 174 Å². The summed E-state index contributed by atoms with van der Waals surface area (Å²) in [5.74, 6) is -0.212. The Morgan fingerprint density at radius 2 is 1.90 bits per heavy atom. The lowest BCUT2D eigenvalue weighted by Crippen LogP contribution is -2.44. The zero-order valence-corrected chi connectivity index (χ0v) is 16.3. The van der Waals surface area contributed by atoms with Gasteiger partial charge in [-0.25, -0.2) is 14.2 Å². The quantitative estimate of drug-likeness (QED) is 0.541. The van der Waals surface area contributed by atoms with E-state index >= 15 is 0 Å². The average Bonchev–Trinajstić information content (AvgIpc) is 2.72. The highest BCUT2D eigenvalue weighted by molar-refractivity contribution is 5.72. The number of benzene rings is 1. The molecule has 0 bridgehead atoms. The van der Waals surface area contributed by atoms with Crippen molar-refractivity contribution in [2.75, 3.05) is 18.0 Å². The molecule has 166 valence electrons. The summed E-state index contributed by atoms with van der Waals surface area (Å²) in [7, 11) is 0. The second-order valence-corrected chi connectivity index (χ2v) is 7.03. The normalized spacial score (nSPS) is 17.3. The molecule has 1 aromatic heterocycles. The van der Waals surface area contributed by atoms with Crippen LogP contribution in [0.25, 0.3) is 0 Å². The monoisotopic (exact) mass is 440 g/mol. The molecule has 12 heteroatoms. The third kappa shape index (κ3) is 5.45. The minimum absolute atomic E-state index is 0.174. The van der Waals surface area contributed by atoms with Crippen LogP contribution in [-0.2, 0) is 12.3 Å². The maximum Gasteiger partial charge on any atom is 0.430 e. The molecule has 0 aliphatic carbocycles. The van der Waals surface area contributed by atoms with Gasteiger partial charge in [0.1, 0.15) is 24.5 Å². The van der Waals surface area contributed by atoms with E-state index in [-0.39, 0.29) is 18.4 Å². The van der Waals surface area contributed by atoms with Crippen LogP contribution in [0, 0.1) is 5.82 Å². The summed E-state index contributed by atoms with van der Waals surface area (Å²) in [5.41, 5.74) is 2.36. The van der Waals surface area contributed by atoms with Crippen molar-refractivity contribution in [2.24, 2.45) is 10.7 Å². The maximum atomic E-state index is 13.1. The van der Waals surface area contributed by atoms with E-state index in [9.17, 15) is 27.5 Å². The summed E-state index contributed by atoms with van der Waals surface area (Å²) in [5, 5.41) is 10.9. The van der Waals surface area contributed by atoms with Crippen LogP contribution in [0.4, 0.5) is 23.5 Å². The Morgan fingerprint density at radius 3 is 2.48 bits per heavy atom. The van der Waals surface area contributed by atoms with E-state index in [2.05, 4.69) is 15.0 Å². The second-order valence-electron chi connectivity index (χ2n) is 7.03. The SMILES string of the molecule is NC(=CC=NCn1cnc(N2CCC(O)(c3ccc(F)cc3)CC2)nc1=O)C(F)(F)F. The molecule has 0 atom stereocenters. The standard InChI is InChI=1S/C19H20F4N6O2/c20-14-3-1-13(2-4-14)18(31)6-9-28(10-7-18)16-26-12-29(17(30)27-16)11-25-8-5-15(24)19(21,22)23/h1-5,8,12,31H,6-7,9-11,24H2. The lowest BCUT2D eigenvalue weighted by Gasteiger charge is -2.38. The van der Waals surface area contributed by atoms with Crippen LogP contribution >= 0.6 is 0 Å². The van der Waals surface area contributed by atoms with Gasteiger partial charge in [0.25, 0.3) is 0 Å². The Hall–Kier alpha value is -3.28. The fourth-order valence-corrected chi connectivity index (χ4v) is 3.09. The van der Waals surface area contributed by atoms with E-state index < -0.39 is 23.2 Å². The van der Waals surface area contributed by atoms with Gasteiger partial charge in [-0.1, -0.05) is 12.1 Å². The predicted octanol–water partition coefficient (Wildman–Crippen LogP) is 1.70. The van der Waals surface area contributed by atoms with E-state index in [0.717, 1.165) is 10.8 Å². The van der Waals surface area contributed by atoms with Crippen molar-refractivity contribution in [3.63, 3.8) is 0 Å². The number of anilines is 1. The van der Waals surface area contributed by atoms with Crippen molar-refractivity contribution in [1.29, 1.82) is 0 Å². The minimum Gasteiger partial charge on any atom is -0.395 e. The molecule has 2 aromatic rings. The summed E-state index contributed by atoms with van der Waals surface area (Å²) in [4.78, 5) is 25.6. The molecule has 1 aliphatic heterocycles. The molecule has 0 spiro atoms. The Balaban J connectivity index is 1.62. The van der Waals surface area contributed by atoms with Gasteiger partial charge in [-0.15, -0.1) is 0 Å². The minimum atomic E-state index is -4.65. The van der Waals surface area contributed by atoms with Gasteiger partial charge >= 0.3 is 11.9 Å². The van der Waals surface area contributed by atoms with Gasteiger partial charge in [0.05, 0.1) is 5.60 Å². The van der Waals surface area contributed by atoms with E-state index in [1.807, 2.05) is 0 Å². The highest BCUT2D eigenvalue weighted by Gasteiger charge is 2.35. The summed E-state index contributed by atoms with van der Waals surface area (Å²) < 4.78 is 51.0. The fourth-order valence-electron chi connectivity index (χ4n) is 3.09. The van der Waals surface area contributed by atoms with Crippen LogP contribution in [0.3, 0.4) is 0 Å². The summed E-state index contributed by atoms with van der Waals surface area (Å²) >= 11 is 0. The van der Waals surface area contributed by atoms with Crippen LogP contribution < -0.4 is 16.3 Å². The molecule has 3 rings (SSSR count). The zero-order valence-electron chi connectivity index (χ0n) is 16.3. The average molecular weight is 440 g/mol. The van der Waals surface area contributed by atoms with Crippen molar-refractivity contribution in [3.05, 3.63) is 64.2 Å². The number of piperidine rings is 1. The zero-order chi connectivity index (χ0) is 22.6. The van der Waals surface area contributed by atoms with Crippen molar-refractivity contribution in [2.45, 2.75) is 31.3 Å².